The van der Waals surface area contributed by atoms with Crippen LogP contribution < -0.4 is 5.32 Å². The van der Waals surface area contributed by atoms with Gasteiger partial charge in [-0.05, 0) is 54.6 Å². The van der Waals surface area contributed by atoms with Crippen LogP contribution in [0.15, 0.2) is 18.2 Å². The highest BCUT2D eigenvalue weighted by Gasteiger charge is 2.51. The Kier molecular flexibility index (Phi) is 2.98. The van der Waals surface area contributed by atoms with Crippen LogP contribution >= 0.6 is 0 Å². The summed E-state index contributed by atoms with van der Waals surface area (Å²) >= 11 is 0. The Morgan fingerprint density at radius 3 is 2.88 bits per heavy atom. The van der Waals surface area contributed by atoms with Gasteiger partial charge in [-0.25, -0.2) is 8.78 Å². The average molecular weight is 225 g/mol. The molecule has 2 atom stereocenters. The molecule has 0 bridgehead atoms. The quantitative estimate of drug-likeness (QED) is 0.830. The van der Waals surface area contributed by atoms with Crippen molar-refractivity contribution < 1.29 is 8.78 Å². The van der Waals surface area contributed by atoms with Gasteiger partial charge in [0.1, 0.15) is 11.6 Å². The van der Waals surface area contributed by atoms with Gasteiger partial charge in [0.15, 0.2) is 0 Å². The summed E-state index contributed by atoms with van der Waals surface area (Å²) in [5, 5.41) is 3.25. The SMILES string of the molecule is CCNCC1CC1(C)c1cc(F)ccc1F. The van der Waals surface area contributed by atoms with E-state index in [4.69, 9.17) is 0 Å². The third kappa shape index (κ3) is 1.96. The van der Waals surface area contributed by atoms with Gasteiger partial charge in [-0.3, -0.25) is 0 Å². The fraction of sp³-hybridized carbons (Fsp3) is 0.538. The van der Waals surface area contributed by atoms with Gasteiger partial charge in [-0.1, -0.05) is 13.8 Å². The first kappa shape index (κ1) is 11.5. The lowest BCUT2D eigenvalue weighted by Crippen LogP contribution is -2.20. The van der Waals surface area contributed by atoms with Gasteiger partial charge in [-0.2, -0.15) is 0 Å². The van der Waals surface area contributed by atoms with Gasteiger partial charge in [0, 0.05) is 0 Å². The molecule has 0 aliphatic heterocycles. The van der Waals surface area contributed by atoms with Crippen molar-refractivity contribution in [2.24, 2.45) is 5.92 Å². The molecule has 1 aromatic carbocycles. The Labute approximate surface area is 94.9 Å². The molecule has 0 spiro atoms. The summed E-state index contributed by atoms with van der Waals surface area (Å²) < 4.78 is 26.7. The maximum absolute atomic E-state index is 13.6. The van der Waals surface area contributed by atoms with E-state index in [-0.39, 0.29) is 17.0 Å². The van der Waals surface area contributed by atoms with E-state index in [2.05, 4.69) is 5.32 Å². The van der Waals surface area contributed by atoms with E-state index in [1.165, 1.54) is 18.2 Å². The first-order valence-corrected chi connectivity index (χ1v) is 5.74. The highest BCUT2D eigenvalue weighted by atomic mass is 19.1. The highest BCUT2D eigenvalue weighted by Crippen LogP contribution is 2.54. The van der Waals surface area contributed by atoms with E-state index in [0.717, 1.165) is 19.5 Å². The van der Waals surface area contributed by atoms with Crippen LogP contribution in [0.3, 0.4) is 0 Å². The summed E-state index contributed by atoms with van der Waals surface area (Å²) in [6, 6.07) is 3.73. The van der Waals surface area contributed by atoms with Crippen molar-refractivity contribution in [1.29, 1.82) is 0 Å². The minimum Gasteiger partial charge on any atom is -0.317 e. The lowest BCUT2D eigenvalue weighted by Gasteiger charge is -2.13. The monoisotopic (exact) mass is 225 g/mol. The first-order valence-electron chi connectivity index (χ1n) is 5.74. The zero-order valence-electron chi connectivity index (χ0n) is 9.69. The lowest BCUT2D eigenvalue weighted by molar-refractivity contribution is 0.535. The highest BCUT2D eigenvalue weighted by molar-refractivity contribution is 5.34. The van der Waals surface area contributed by atoms with Crippen LogP contribution in [-0.2, 0) is 5.41 Å². The third-order valence-electron chi connectivity index (χ3n) is 3.60. The molecule has 1 aromatic rings. The summed E-state index contributed by atoms with van der Waals surface area (Å²) in [6.07, 6.45) is 0.931. The molecule has 1 N–H and O–H groups in total. The first-order chi connectivity index (χ1) is 7.58. The summed E-state index contributed by atoms with van der Waals surface area (Å²) in [7, 11) is 0. The summed E-state index contributed by atoms with van der Waals surface area (Å²) in [6.45, 7) is 5.84. The second-order valence-electron chi connectivity index (χ2n) is 4.75. The Bertz CT molecular complexity index is 392. The molecule has 0 radical (unpaired) electrons. The zero-order chi connectivity index (χ0) is 11.8. The normalized spacial score (nSPS) is 28.1. The maximum atomic E-state index is 13.6. The fourth-order valence-electron chi connectivity index (χ4n) is 2.33. The molecule has 1 saturated carbocycles. The van der Waals surface area contributed by atoms with Crippen molar-refractivity contribution >= 4 is 0 Å². The van der Waals surface area contributed by atoms with Crippen LogP contribution in [-0.4, -0.2) is 13.1 Å². The van der Waals surface area contributed by atoms with Gasteiger partial charge in [-0.15, -0.1) is 0 Å². The minimum atomic E-state index is -0.355. The average Bonchev–Trinajstić information content (AvgIpc) is 2.91. The van der Waals surface area contributed by atoms with Crippen LogP contribution in [0.1, 0.15) is 25.8 Å². The molecule has 1 fully saturated rings. The molecule has 2 unspecified atom stereocenters. The summed E-state index contributed by atoms with van der Waals surface area (Å²) in [4.78, 5) is 0. The minimum absolute atomic E-state index is 0.186. The Balaban J connectivity index is 2.16. The molecular formula is C13H17F2N. The molecule has 16 heavy (non-hydrogen) atoms. The predicted octanol–water partition coefficient (Wildman–Crippen LogP) is 2.85. The van der Waals surface area contributed by atoms with Crippen molar-refractivity contribution in [3.63, 3.8) is 0 Å². The van der Waals surface area contributed by atoms with Crippen LogP contribution in [0, 0.1) is 17.6 Å². The van der Waals surface area contributed by atoms with E-state index in [1.54, 1.807) is 0 Å². The largest absolute Gasteiger partial charge is 0.317 e. The number of hydrogen-bond acceptors (Lipinski definition) is 1. The Morgan fingerprint density at radius 2 is 2.19 bits per heavy atom. The number of halogens is 2. The summed E-state index contributed by atoms with van der Waals surface area (Å²) in [5.41, 5.74) is 0.337. The topological polar surface area (TPSA) is 12.0 Å². The second kappa shape index (κ2) is 4.13. The Morgan fingerprint density at radius 1 is 1.44 bits per heavy atom. The van der Waals surface area contributed by atoms with Gasteiger partial charge < -0.3 is 5.32 Å². The van der Waals surface area contributed by atoms with Gasteiger partial charge in [0.25, 0.3) is 0 Å². The molecular weight excluding hydrogens is 208 g/mol. The number of hydrogen-bond donors (Lipinski definition) is 1. The van der Waals surface area contributed by atoms with Crippen molar-refractivity contribution in [1.82, 2.24) is 5.32 Å². The van der Waals surface area contributed by atoms with Gasteiger partial charge in [0.2, 0.25) is 0 Å². The van der Waals surface area contributed by atoms with Crippen molar-refractivity contribution in [2.45, 2.75) is 25.7 Å². The van der Waals surface area contributed by atoms with Crippen LogP contribution in [0.2, 0.25) is 0 Å². The second-order valence-corrected chi connectivity index (χ2v) is 4.75. The van der Waals surface area contributed by atoms with Crippen molar-refractivity contribution in [3.8, 4) is 0 Å². The molecule has 0 amide bonds. The molecule has 0 aromatic heterocycles. The maximum Gasteiger partial charge on any atom is 0.127 e. The smallest absolute Gasteiger partial charge is 0.127 e. The number of nitrogens with one attached hydrogen (secondary N) is 1. The molecule has 88 valence electrons. The third-order valence-corrected chi connectivity index (χ3v) is 3.60. The molecule has 1 aliphatic carbocycles. The van der Waals surface area contributed by atoms with E-state index in [0.29, 0.717) is 11.5 Å². The molecule has 0 heterocycles. The Hall–Kier alpha value is -0.960. The van der Waals surface area contributed by atoms with E-state index < -0.39 is 0 Å². The molecule has 3 heteroatoms. The standard InChI is InChI=1S/C13H17F2N/c1-3-16-8-9-7-13(9,2)11-6-10(14)4-5-12(11)15/h4-6,9,16H,3,7-8H2,1-2H3. The number of benzene rings is 1. The van der Waals surface area contributed by atoms with E-state index >= 15 is 0 Å². The van der Waals surface area contributed by atoms with Gasteiger partial charge >= 0.3 is 0 Å². The van der Waals surface area contributed by atoms with Gasteiger partial charge in [0.05, 0.1) is 0 Å². The van der Waals surface area contributed by atoms with Crippen molar-refractivity contribution in [3.05, 3.63) is 35.4 Å². The van der Waals surface area contributed by atoms with Crippen LogP contribution in [0.25, 0.3) is 0 Å². The van der Waals surface area contributed by atoms with Crippen molar-refractivity contribution in [2.75, 3.05) is 13.1 Å². The number of rotatable bonds is 4. The van der Waals surface area contributed by atoms with E-state index in [9.17, 15) is 8.78 Å². The van der Waals surface area contributed by atoms with Crippen LogP contribution in [0.5, 0.6) is 0 Å². The molecule has 2 rings (SSSR count). The van der Waals surface area contributed by atoms with E-state index in [1.807, 2.05) is 13.8 Å². The predicted molar refractivity (Wildman–Crippen MR) is 60.4 cm³/mol. The molecule has 1 nitrogen and oxygen atoms in total. The zero-order valence-corrected chi connectivity index (χ0v) is 9.69. The summed E-state index contributed by atoms with van der Waals surface area (Å²) in [5.74, 6) is -0.224. The fourth-order valence-corrected chi connectivity index (χ4v) is 2.33. The lowest BCUT2D eigenvalue weighted by atomic mass is 9.94. The molecule has 1 aliphatic rings. The van der Waals surface area contributed by atoms with Crippen LogP contribution in [0.4, 0.5) is 8.78 Å². The molecule has 0 saturated heterocycles.